The van der Waals surface area contributed by atoms with Gasteiger partial charge in [0.15, 0.2) is 6.61 Å². The first-order chi connectivity index (χ1) is 7.54. The van der Waals surface area contributed by atoms with Crippen LogP contribution < -0.4 is 10.5 Å². The van der Waals surface area contributed by atoms with Gasteiger partial charge in [-0.05, 0) is 25.5 Å². The van der Waals surface area contributed by atoms with Gasteiger partial charge in [0, 0.05) is 11.6 Å². The van der Waals surface area contributed by atoms with Crippen LogP contribution in [-0.2, 0) is 9.53 Å². The average Bonchev–Trinajstić information content (AvgIpc) is 2.25. The summed E-state index contributed by atoms with van der Waals surface area (Å²) in [7, 11) is 1.33. The average molecular weight is 223 g/mol. The molecule has 1 rings (SSSR count). The number of esters is 1. The summed E-state index contributed by atoms with van der Waals surface area (Å²) in [5.41, 5.74) is 7.75. The van der Waals surface area contributed by atoms with Gasteiger partial charge in [-0.1, -0.05) is 12.1 Å². The fraction of sp³-hybridized carbons (Fsp3) is 0.417. The summed E-state index contributed by atoms with van der Waals surface area (Å²) in [5.74, 6) is 0.234. The van der Waals surface area contributed by atoms with Gasteiger partial charge in [-0.25, -0.2) is 4.79 Å². The van der Waals surface area contributed by atoms with Crippen LogP contribution in [0.25, 0.3) is 0 Å². The molecule has 16 heavy (non-hydrogen) atoms. The molecular weight excluding hydrogens is 206 g/mol. The molecule has 0 bridgehead atoms. The van der Waals surface area contributed by atoms with Crippen LogP contribution in [0.4, 0.5) is 0 Å². The zero-order chi connectivity index (χ0) is 12.1. The van der Waals surface area contributed by atoms with Crippen molar-refractivity contribution in [1.82, 2.24) is 0 Å². The van der Waals surface area contributed by atoms with E-state index in [0.717, 1.165) is 11.1 Å². The quantitative estimate of drug-likeness (QED) is 0.787. The van der Waals surface area contributed by atoms with Crippen LogP contribution in [0, 0.1) is 6.92 Å². The number of hydrogen-bond donors (Lipinski definition) is 1. The van der Waals surface area contributed by atoms with E-state index >= 15 is 0 Å². The van der Waals surface area contributed by atoms with Crippen molar-refractivity contribution in [2.24, 2.45) is 5.73 Å². The van der Waals surface area contributed by atoms with Crippen LogP contribution >= 0.6 is 0 Å². The van der Waals surface area contributed by atoms with Crippen molar-refractivity contribution in [2.75, 3.05) is 13.7 Å². The molecule has 0 radical (unpaired) electrons. The largest absolute Gasteiger partial charge is 0.482 e. The topological polar surface area (TPSA) is 61.5 Å². The Balaban J connectivity index is 2.84. The van der Waals surface area contributed by atoms with Crippen molar-refractivity contribution in [3.63, 3.8) is 0 Å². The Kier molecular flexibility index (Phi) is 4.31. The molecule has 0 fully saturated rings. The third kappa shape index (κ3) is 3.24. The fourth-order valence-corrected chi connectivity index (χ4v) is 1.34. The van der Waals surface area contributed by atoms with Gasteiger partial charge < -0.3 is 15.2 Å². The summed E-state index contributed by atoms with van der Waals surface area (Å²) >= 11 is 0. The molecule has 0 saturated heterocycles. The predicted octanol–water partition coefficient (Wildman–Crippen LogP) is 1.57. The van der Waals surface area contributed by atoms with Crippen molar-refractivity contribution < 1.29 is 14.3 Å². The minimum Gasteiger partial charge on any atom is -0.482 e. The van der Waals surface area contributed by atoms with Crippen LogP contribution in [-0.4, -0.2) is 19.7 Å². The molecule has 0 heterocycles. The number of carbonyl (C=O) groups excluding carboxylic acids is 1. The highest BCUT2D eigenvalue weighted by Crippen LogP contribution is 2.24. The molecule has 0 saturated carbocycles. The summed E-state index contributed by atoms with van der Waals surface area (Å²) in [4.78, 5) is 11.0. The Hall–Kier alpha value is -1.55. The Morgan fingerprint density at radius 3 is 2.75 bits per heavy atom. The van der Waals surface area contributed by atoms with Crippen molar-refractivity contribution in [1.29, 1.82) is 0 Å². The normalized spacial score (nSPS) is 12.0. The second-order valence-electron chi connectivity index (χ2n) is 3.69. The lowest BCUT2D eigenvalue weighted by atomic mass is 10.1. The number of benzene rings is 1. The van der Waals surface area contributed by atoms with Gasteiger partial charge in [-0.2, -0.15) is 0 Å². The molecule has 0 aromatic heterocycles. The molecule has 1 atom stereocenters. The van der Waals surface area contributed by atoms with E-state index in [9.17, 15) is 4.79 Å². The summed E-state index contributed by atoms with van der Waals surface area (Å²) in [6.07, 6.45) is 0. The van der Waals surface area contributed by atoms with Gasteiger partial charge in [0.1, 0.15) is 5.75 Å². The van der Waals surface area contributed by atoms with Crippen molar-refractivity contribution in [3.05, 3.63) is 29.3 Å². The SMILES string of the molecule is COC(=O)COc1cc(C)ccc1C(C)N. The van der Waals surface area contributed by atoms with Crippen LogP contribution in [0.15, 0.2) is 18.2 Å². The Bertz CT molecular complexity index is 375. The van der Waals surface area contributed by atoms with Gasteiger partial charge in [-0.15, -0.1) is 0 Å². The van der Waals surface area contributed by atoms with Crippen molar-refractivity contribution >= 4 is 5.97 Å². The highest BCUT2D eigenvalue weighted by Gasteiger charge is 2.10. The maximum absolute atomic E-state index is 11.0. The number of hydrogen-bond acceptors (Lipinski definition) is 4. The van der Waals surface area contributed by atoms with E-state index in [2.05, 4.69) is 4.74 Å². The number of rotatable bonds is 4. The Morgan fingerprint density at radius 2 is 2.19 bits per heavy atom. The molecule has 88 valence electrons. The second-order valence-corrected chi connectivity index (χ2v) is 3.69. The van der Waals surface area contributed by atoms with E-state index in [1.165, 1.54) is 7.11 Å². The third-order valence-electron chi connectivity index (χ3n) is 2.23. The Morgan fingerprint density at radius 1 is 1.50 bits per heavy atom. The summed E-state index contributed by atoms with van der Waals surface area (Å²) in [6.45, 7) is 3.73. The number of carbonyl (C=O) groups is 1. The van der Waals surface area contributed by atoms with E-state index in [0.29, 0.717) is 5.75 Å². The van der Waals surface area contributed by atoms with E-state index in [4.69, 9.17) is 10.5 Å². The molecular formula is C12H17NO3. The van der Waals surface area contributed by atoms with Gasteiger partial charge in [0.2, 0.25) is 0 Å². The molecule has 1 aromatic rings. The van der Waals surface area contributed by atoms with E-state index in [-0.39, 0.29) is 12.6 Å². The third-order valence-corrected chi connectivity index (χ3v) is 2.23. The molecule has 0 spiro atoms. The van der Waals surface area contributed by atoms with Crippen LogP contribution in [0.2, 0.25) is 0 Å². The monoisotopic (exact) mass is 223 g/mol. The summed E-state index contributed by atoms with van der Waals surface area (Å²) < 4.78 is 9.88. The lowest BCUT2D eigenvalue weighted by Crippen LogP contribution is -2.15. The molecule has 4 heteroatoms. The molecule has 0 amide bonds. The lowest BCUT2D eigenvalue weighted by molar-refractivity contribution is -0.142. The van der Waals surface area contributed by atoms with E-state index in [1.807, 2.05) is 32.0 Å². The van der Waals surface area contributed by atoms with Crippen LogP contribution in [0.1, 0.15) is 24.1 Å². The van der Waals surface area contributed by atoms with Crippen LogP contribution in [0.3, 0.4) is 0 Å². The number of nitrogens with two attached hydrogens (primary N) is 1. The van der Waals surface area contributed by atoms with Gasteiger partial charge in [0.05, 0.1) is 7.11 Å². The Labute approximate surface area is 95.3 Å². The highest BCUT2D eigenvalue weighted by molar-refractivity contribution is 5.71. The first kappa shape index (κ1) is 12.5. The predicted molar refractivity (Wildman–Crippen MR) is 61.3 cm³/mol. The molecule has 0 aliphatic carbocycles. The molecule has 4 nitrogen and oxygen atoms in total. The zero-order valence-electron chi connectivity index (χ0n) is 9.82. The van der Waals surface area contributed by atoms with E-state index in [1.54, 1.807) is 0 Å². The van der Waals surface area contributed by atoms with E-state index < -0.39 is 5.97 Å². The molecule has 2 N–H and O–H groups in total. The number of ether oxygens (including phenoxy) is 2. The van der Waals surface area contributed by atoms with Gasteiger partial charge in [0.25, 0.3) is 0 Å². The lowest BCUT2D eigenvalue weighted by Gasteiger charge is -2.14. The second kappa shape index (κ2) is 5.51. The molecule has 0 aliphatic rings. The summed E-state index contributed by atoms with van der Waals surface area (Å²) in [5, 5.41) is 0. The maximum Gasteiger partial charge on any atom is 0.343 e. The van der Waals surface area contributed by atoms with Gasteiger partial charge in [-0.3, -0.25) is 0 Å². The number of methoxy groups -OCH3 is 1. The van der Waals surface area contributed by atoms with Crippen LogP contribution in [0.5, 0.6) is 5.75 Å². The highest BCUT2D eigenvalue weighted by atomic mass is 16.6. The maximum atomic E-state index is 11.0. The first-order valence-corrected chi connectivity index (χ1v) is 5.10. The molecule has 1 aromatic carbocycles. The van der Waals surface area contributed by atoms with Gasteiger partial charge >= 0.3 is 5.97 Å². The van der Waals surface area contributed by atoms with Crippen molar-refractivity contribution in [3.8, 4) is 5.75 Å². The minimum absolute atomic E-state index is 0.0975. The van der Waals surface area contributed by atoms with Crippen molar-refractivity contribution in [2.45, 2.75) is 19.9 Å². The standard InChI is InChI=1S/C12H17NO3/c1-8-4-5-10(9(2)13)11(6-8)16-7-12(14)15-3/h4-6,9H,7,13H2,1-3H3. The first-order valence-electron chi connectivity index (χ1n) is 5.10. The minimum atomic E-state index is -0.405. The number of aryl methyl sites for hydroxylation is 1. The fourth-order valence-electron chi connectivity index (χ4n) is 1.34. The summed E-state index contributed by atoms with van der Waals surface area (Å²) in [6, 6.07) is 5.60. The molecule has 0 aliphatic heterocycles. The zero-order valence-corrected chi connectivity index (χ0v) is 9.82. The smallest absolute Gasteiger partial charge is 0.343 e. The molecule has 1 unspecified atom stereocenters.